The minimum atomic E-state index is -5.05. The predicted molar refractivity (Wildman–Crippen MR) is 118 cm³/mol. The Hall–Kier alpha value is -1.50. The standard InChI is InChI=1S/C21H32O10S2/c1-18(2)10-14(22)20(15(23)11-18,32(26,27)28)8-6-5-7-9-21(33(29,30)31)16(24)12-19(3,4)13-17(21)25/h5-13H2,1-4H3,(H,26,27,28)(H,29,30,31). The van der Waals surface area contributed by atoms with Crippen molar-refractivity contribution in [2.45, 2.75) is 95.0 Å². The lowest BCUT2D eigenvalue weighted by atomic mass is 9.69. The highest BCUT2D eigenvalue weighted by Crippen LogP contribution is 2.43. The summed E-state index contributed by atoms with van der Waals surface area (Å²) in [6, 6.07) is 0. The van der Waals surface area contributed by atoms with Crippen molar-refractivity contribution in [1.29, 1.82) is 0 Å². The Kier molecular flexibility index (Phi) is 7.24. The normalized spacial score (nSPS) is 24.7. The molecule has 0 spiro atoms. The molecule has 0 atom stereocenters. The Morgan fingerprint density at radius 1 is 0.576 bits per heavy atom. The third-order valence-corrected chi connectivity index (χ3v) is 9.88. The molecule has 0 amide bonds. The van der Waals surface area contributed by atoms with Crippen LogP contribution in [0.1, 0.15) is 85.5 Å². The monoisotopic (exact) mass is 508 g/mol. The third kappa shape index (κ3) is 4.98. The molecule has 2 fully saturated rings. The van der Waals surface area contributed by atoms with E-state index in [2.05, 4.69) is 0 Å². The van der Waals surface area contributed by atoms with Crippen LogP contribution >= 0.6 is 0 Å². The van der Waals surface area contributed by atoms with E-state index in [4.69, 9.17) is 0 Å². The first-order valence-electron chi connectivity index (χ1n) is 10.8. The van der Waals surface area contributed by atoms with Crippen LogP contribution in [0.4, 0.5) is 0 Å². The van der Waals surface area contributed by atoms with Crippen LogP contribution in [0, 0.1) is 10.8 Å². The Bertz CT molecular complexity index is 954. The number of rotatable bonds is 8. The van der Waals surface area contributed by atoms with E-state index in [1.165, 1.54) is 0 Å². The van der Waals surface area contributed by atoms with Crippen molar-refractivity contribution in [2.24, 2.45) is 10.8 Å². The second-order valence-electron chi connectivity index (χ2n) is 10.9. The van der Waals surface area contributed by atoms with Crippen LogP contribution in [0.5, 0.6) is 0 Å². The zero-order valence-electron chi connectivity index (χ0n) is 19.3. The van der Waals surface area contributed by atoms with E-state index >= 15 is 0 Å². The number of ketones is 4. The molecule has 12 heteroatoms. The van der Waals surface area contributed by atoms with E-state index in [0.29, 0.717) is 0 Å². The number of unbranched alkanes of at least 4 members (excludes halogenated alkanes) is 2. The summed E-state index contributed by atoms with van der Waals surface area (Å²) in [6.07, 6.45) is -1.87. The van der Waals surface area contributed by atoms with Gasteiger partial charge in [0, 0.05) is 25.7 Å². The second kappa shape index (κ2) is 8.62. The van der Waals surface area contributed by atoms with Gasteiger partial charge in [-0.15, -0.1) is 0 Å². The van der Waals surface area contributed by atoms with Gasteiger partial charge < -0.3 is 0 Å². The first-order valence-corrected chi connectivity index (χ1v) is 13.7. The molecule has 33 heavy (non-hydrogen) atoms. The average Bonchev–Trinajstić information content (AvgIpc) is 2.54. The van der Waals surface area contributed by atoms with E-state index in [0.717, 1.165) is 0 Å². The van der Waals surface area contributed by atoms with Crippen molar-refractivity contribution in [3.63, 3.8) is 0 Å². The Morgan fingerprint density at radius 2 is 0.818 bits per heavy atom. The maximum Gasteiger partial charge on any atom is 0.285 e. The highest BCUT2D eigenvalue weighted by atomic mass is 32.2. The quantitative estimate of drug-likeness (QED) is 0.280. The maximum absolute atomic E-state index is 12.7. The van der Waals surface area contributed by atoms with Crippen molar-refractivity contribution in [3.8, 4) is 0 Å². The predicted octanol–water partition coefficient (Wildman–Crippen LogP) is 2.11. The number of carbonyl (C=O) groups is 4. The highest BCUT2D eigenvalue weighted by molar-refractivity contribution is 7.89. The van der Waals surface area contributed by atoms with Crippen molar-refractivity contribution in [1.82, 2.24) is 0 Å². The molecule has 2 N–H and O–H groups in total. The lowest BCUT2D eigenvalue weighted by molar-refractivity contribution is -0.139. The van der Waals surface area contributed by atoms with Crippen LogP contribution in [0.25, 0.3) is 0 Å². The van der Waals surface area contributed by atoms with Crippen LogP contribution < -0.4 is 0 Å². The zero-order valence-corrected chi connectivity index (χ0v) is 21.0. The van der Waals surface area contributed by atoms with Gasteiger partial charge in [0.15, 0.2) is 23.1 Å². The van der Waals surface area contributed by atoms with Crippen LogP contribution in [0.15, 0.2) is 0 Å². The van der Waals surface area contributed by atoms with Crippen LogP contribution in [-0.2, 0) is 39.4 Å². The van der Waals surface area contributed by atoms with Crippen molar-refractivity contribution in [2.75, 3.05) is 0 Å². The summed E-state index contributed by atoms with van der Waals surface area (Å²) in [6.45, 7) is 6.58. The summed E-state index contributed by atoms with van der Waals surface area (Å²) >= 11 is 0. The summed E-state index contributed by atoms with van der Waals surface area (Å²) in [5.41, 5.74) is -1.47. The number of carbonyl (C=O) groups excluding carboxylic acids is 4. The van der Waals surface area contributed by atoms with Crippen molar-refractivity contribution >= 4 is 43.4 Å². The fourth-order valence-electron chi connectivity index (χ4n) is 5.06. The van der Waals surface area contributed by atoms with Gasteiger partial charge in [0.2, 0.25) is 9.49 Å². The summed E-state index contributed by atoms with van der Waals surface area (Å²) in [4.78, 5) is 50.7. The molecule has 0 bridgehead atoms. The van der Waals surface area contributed by atoms with Gasteiger partial charge in [0.1, 0.15) is 0 Å². The second-order valence-corrected chi connectivity index (χ2v) is 14.2. The summed E-state index contributed by atoms with van der Waals surface area (Å²) in [5.74, 6) is -3.55. The van der Waals surface area contributed by atoms with Gasteiger partial charge in [0.05, 0.1) is 0 Å². The van der Waals surface area contributed by atoms with Gasteiger partial charge in [-0.3, -0.25) is 28.3 Å². The first kappa shape index (κ1) is 27.7. The van der Waals surface area contributed by atoms with E-state index in [-0.39, 0.29) is 44.9 Å². The molecule has 0 aromatic carbocycles. The number of hydrogen-bond acceptors (Lipinski definition) is 8. The van der Waals surface area contributed by atoms with Crippen LogP contribution in [0.2, 0.25) is 0 Å². The number of hydrogen-bond donors (Lipinski definition) is 2. The summed E-state index contributed by atoms with van der Waals surface area (Å²) < 4.78 is 62.8. The van der Waals surface area contributed by atoms with E-state index in [9.17, 15) is 45.1 Å². The average molecular weight is 509 g/mol. The molecule has 2 saturated carbocycles. The molecule has 188 valence electrons. The molecule has 0 saturated heterocycles. The van der Waals surface area contributed by atoms with E-state index in [1.54, 1.807) is 27.7 Å². The van der Waals surface area contributed by atoms with Gasteiger partial charge in [-0.05, 0) is 23.7 Å². The van der Waals surface area contributed by atoms with Gasteiger partial charge >= 0.3 is 0 Å². The smallest absolute Gasteiger partial charge is 0.285 e. The largest absolute Gasteiger partial charge is 0.297 e. The molecular weight excluding hydrogens is 476 g/mol. The Morgan fingerprint density at radius 3 is 1.03 bits per heavy atom. The third-order valence-electron chi connectivity index (χ3n) is 6.80. The van der Waals surface area contributed by atoms with E-state index < -0.39 is 76.5 Å². The molecule has 0 heterocycles. The lowest BCUT2D eigenvalue weighted by Gasteiger charge is -2.39. The minimum Gasteiger partial charge on any atom is -0.297 e. The Balaban J connectivity index is 2.17. The molecule has 0 unspecified atom stereocenters. The van der Waals surface area contributed by atoms with Gasteiger partial charge in [-0.2, -0.15) is 16.8 Å². The minimum absolute atomic E-state index is 0.0580. The molecule has 2 aliphatic carbocycles. The van der Waals surface area contributed by atoms with Crippen molar-refractivity contribution in [3.05, 3.63) is 0 Å². The van der Waals surface area contributed by atoms with Crippen LogP contribution in [-0.4, -0.2) is 58.6 Å². The fourth-order valence-corrected chi connectivity index (χ4v) is 7.31. The molecular formula is C21H32O10S2. The molecule has 0 aliphatic heterocycles. The molecule has 0 aromatic heterocycles. The van der Waals surface area contributed by atoms with Gasteiger partial charge in [-0.1, -0.05) is 47.0 Å². The van der Waals surface area contributed by atoms with Crippen molar-refractivity contribution < 1.29 is 45.1 Å². The molecule has 2 rings (SSSR count). The highest BCUT2D eigenvalue weighted by Gasteiger charge is 2.61. The van der Waals surface area contributed by atoms with Gasteiger partial charge in [-0.25, -0.2) is 0 Å². The first-order chi connectivity index (χ1) is 14.7. The van der Waals surface area contributed by atoms with Crippen LogP contribution in [0.3, 0.4) is 0 Å². The maximum atomic E-state index is 12.7. The van der Waals surface area contributed by atoms with E-state index in [1.807, 2.05) is 0 Å². The Labute approximate surface area is 194 Å². The molecule has 0 aromatic rings. The topological polar surface area (TPSA) is 177 Å². The lowest BCUT2D eigenvalue weighted by Crippen LogP contribution is -2.58. The van der Waals surface area contributed by atoms with Gasteiger partial charge in [0.25, 0.3) is 20.2 Å². The molecule has 10 nitrogen and oxygen atoms in total. The number of Topliss-reactive ketones (excluding diaryl/α,β-unsaturated/α-hetero) is 4. The summed E-state index contributed by atoms with van der Waals surface area (Å²) in [7, 11) is -10.1. The molecule has 2 aliphatic rings. The summed E-state index contributed by atoms with van der Waals surface area (Å²) in [5, 5.41) is 0. The zero-order chi connectivity index (χ0) is 25.7. The SMILES string of the molecule is CC1(C)CC(=O)C(CCCCCC2(S(=O)(=O)O)C(=O)CC(C)(C)CC2=O)(S(=O)(=O)O)C(=O)C1. The molecule has 0 radical (unpaired) electrons. The fraction of sp³-hybridized carbons (Fsp3) is 0.810.